The van der Waals surface area contributed by atoms with E-state index in [2.05, 4.69) is 41.9 Å². The first-order valence-corrected chi connectivity index (χ1v) is 12.6. The highest BCUT2D eigenvalue weighted by Gasteiger charge is 2.38. The van der Waals surface area contributed by atoms with Crippen LogP contribution in [-0.4, -0.2) is 55.8 Å². The zero-order valence-electron chi connectivity index (χ0n) is 20.5. The predicted molar refractivity (Wildman–Crippen MR) is 146 cm³/mol. The van der Waals surface area contributed by atoms with Gasteiger partial charge in [-0.1, -0.05) is 18.2 Å². The lowest BCUT2D eigenvalue weighted by molar-refractivity contribution is 0.102. The molecule has 5 aromatic rings. The summed E-state index contributed by atoms with van der Waals surface area (Å²) in [6.07, 6.45) is 7.89. The summed E-state index contributed by atoms with van der Waals surface area (Å²) in [6.45, 7) is 1.94. The van der Waals surface area contributed by atoms with Crippen molar-refractivity contribution >= 4 is 40.0 Å². The van der Waals surface area contributed by atoms with Crippen LogP contribution in [0.5, 0.6) is 0 Å². The fourth-order valence-electron chi connectivity index (χ4n) is 5.30. The monoisotopic (exact) mass is 503 g/mol. The number of nitrogens with zero attached hydrogens (tertiary/aromatic N) is 6. The summed E-state index contributed by atoms with van der Waals surface area (Å²) in [6, 6.07) is 19.9. The molecule has 2 bridgehead atoms. The third kappa shape index (κ3) is 4.10. The van der Waals surface area contributed by atoms with E-state index in [-0.39, 0.29) is 5.91 Å². The Bertz CT molecular complexity index is 1620. The first kappa shape index (κ1) is 22.4. The Labute approximate surface area is 218 Å². The number of aromatic nitrogens is 5. The molecule has 2 aliphatic rings. The number of nitrogens with one attached hydrogen (secondary N) is 3. The number of fused-ring (bicyclic) bond motifs is 3. The Kier molecular flexibility index (Phi) is 5.44. The molecule has 7 rings (SSSR count). The maximum atomic E-state index is 12.8. The van der Waals surface area contributed by atoms with Crippen LogP contribution in [0.1, 0.15) is 16.8 Å². The molecule has 2 atom stereocenters. The van der Waals surface area contributed by atoms with Crippen LogP contribution in [0.3, 0.4) is 0 Å². The standard InChI is InChI=1S/C28H25N9O/c38-28(18-4-2-1-3-5-18)33-19-6-7-23-24(13-19)37(35-27(23)34-25-16-29-10-11-30-25)21-8-9-31-26(14-21)36-17-20-12-22(36)15-32-20/h1-11,13-14,16,20,22,32H,12,15,17H2,(H,33,38)(H,30,34,35)/t20-,22-/m0/s1. The molecule has 5 heterocycles. The Morgan fingerprint density at radius 2 is 1.92 bits per heavy atom. The summed E-state index contributed by atoms with van der Waals surface area (Å²) >= 11 is 0. The Morgan fingerprint density at radius 1 is 1.00 bits per heavy atom. The van der Waals surface area contributed by atoms with Crippen LogP contribution in [0.15, 0.2) is 85.5 Å². The normalized spacial score (nSPS) is 18.2. The molecule has 1 amide bonds. The molecule has 0 radical (unpaired) electrons. The van der Waals surface area contributed by atoms with Gasteiger partial charge in [0.2, 0.25) is 0 Å². The van der Waals surface area contributed by atoms with E-state index >= 15 is 0 Å². The molecule has 2 aliphatic heterocycles. The molecule has 2 fully saturated rings. The first-order chi connectivity index (χ1) is 18.7. The van der Waals surface area contributed by atoms with Gasteiger partial charge in [0.25, 0.3) is 5.91 Å². The number of carbonyl (C=O) groups excluding carboxylic acids is 1. The molecule has 10 nitrogen and oxygen atoms in total. The van der Waals surface area contributed by atoms with E-state index in [1.165, 1.54) is 0 Å². The number of rotatable bonds is 6. The highest BCUT2D eigenvalue weighted by atomic mass is 16.1. The molecule has 10 heteroatoms. The van der Waals surface area contributed by atoms with Gasteiger partial charge in [0.15, 0.2) is 5.82 Å². The second-order valence-corrected chi connectivity index (χ2v) is 9.55. The van der Waals surface area contributed by atoms with Crippen LogP contribution in [0.25, 0.3) is 16.6 Å². The number of hydrogen-bond acceptors (Lipinski definition) is 8. The van der Waals surface area contributed by atoms with Gasteiger partial charge in [-0.25, -0.2) is 14.6 Å². The SMILES string of the molecule is O=C(Nc1ccc2c(Nc3cnccn3)nn(-c3ccnc(N4C[C@@H]5C[C@H]4CN5)c3)c2c1)c1ccccc1. The summed E-state index contributed by atoms with van der Waals surface area (Å²) in [7, 11) is 0. The van der Waals surface area contributed by atoms with Crippen LogP contribution < -0.4 is 20.9 Å². The van der Waals surface area contributed by atoms with E-state index < -0.39 is 0 Å². The molecule has 0 aliphatic carbocycles. The van der Waals surface area contributed by atoms with Crippen LogP contribution in [-0.2, 0) is 0 Å². The van der Waals surface area contributed by atoms with Gasteiger partial charge >= 0.3 is 0 Å². The van der Waals surface area contributed by atoms with Gasteiger partial charge in [-0.3, -0.25) is 9.78 Å². The second-order valence-electron chi connectivity index (χ2n) is 9.55. The van der Waals surface area contributed by atoms with E-state index in [9.17, 15) is 4.79 Å². The lowest BCUT2D eigenvalue weighted by Crippen LogP contribution is -2.44. The molecule has 188 valence electrons. The maximum absolute atomic E-state index is 12.8. The zero-order valence-corrected chi connectivity index (χ0v) is 20.5. The number of anilines is 4. The number of hydrogen-bond donors (Lipinski definition) is 3. The molecule has 2 aromatic carbocycles. The minimum atomic E-state index is -0.169. The maximum Gasteiger partial charge on any atom is 0.255 e. The highest BCUT2D eigenvalue weighted by Crippen LogP contribution is 2.32. The average Bonchev–Trinajstić information content (AvgIpc) is 3.69. The summed E-state index contributed by atoms with van der Waals surface area (Å²) in [5.74, 6) is 2.01. The first-order valence-electron chi connectivity index (χ1n) is 12.6. The second kappa shape index (κ2) is 9.24. The number of pyridine rings is 1. The number of benzene rings is 2. The number of piperazine rings is 1. The van der Waals surface area contributed by atoms with E-state index in [1.807, 2.05) is 53.3 Å². The quantitative estimate of drug-likeness (QED) is 0.321. The van der Waals surface area contributed by atoms with Crippen LogP contribution in [0.2, 0.25) is 0 Å². The number of amides is 1. The van der Waals surface area contributed by atoms with Crippen molar-refractivity contribution in [3.8, 4) is 5.69 Å². The van der Waals surface area contributed by atoms with Crippen LogP contribution in [0.4, 0.5) is 23.1 Å². The van der Waals surface area contributed by atoms with Gasteiger partial charge in [0.1, 0.15) is 11.6 Å². The zero-order chi connectivity index (χ0) is 25.5. The van der Waals surface area contributed by atoms with Crippen molar-refractivity contribution in [3.05, 3.63) is 91.0 Å². The van der Waals surface area contributed by atoms with Crippen LogP contribution in [0, 0.1) is 0 Å². The lowest BCUT2D eigenvalue weighted by Gasteiger charge is -2.28. The average molecular weight is 504 g/mol. The van der Waals surface area contributed by atoms with E-state index in [4.69, 9.17) is 5.10 Å². The van der Waals surface area contributed by atoms with Crippen molar-refractivity contribution in [1.82, 2.24) is 30.0 Å². The van der Waals surface area contributed by atoms with Gasteiger partial charge in [-0.15, -0.1) is 5.10 Å². The third-order valence-corrected chi connectivity index (χ3v) is 7.11. The Hall–Kier alpha value is -4.83. The van der Waals surface area contributed by atoms with Crippen molar-refractivity contribution in [2.45, 2.75) is 18.5 Å². The smallest absolute Gasteiger partial charge is 0.255 e. The third-order valence-electron chi connectivity index (χ3n) is 7.11. The van der Waals surface area contributed by atoms with E-state index in [0.717, 1.165) is 41.9 Å². The fourth-order valence-corrected chi connectivity index (χ4v) is 5.30. The molecule has 0 saturated carbocycles. The van der Waals surface area contributed by atoms with Gasteiger partial charge < -0.3 is 20.9 Å². The van der Waals surface area contributed by atoms with Gasteiger partial charge in [0.05, 0.1) is 17.4 Å². The predicted octanol–water partition coefficient (Wildman–Crippen LogP) is 3.76. The van der Waals surface area contributed by atoms with Crippen LogP contribution >= 0.6 is 0 Å². The minimum absolute atomic E-state index is 0.169. The van der Waals surface area contributed by atoms with Crippen molar-refractivity contribution < 1.29 is 4.79 Å². The van der Waals surface area contributed by atoms with E-state index in [1.54, 1.807) is 30.7 Å². The summed E-state index contributed by atoms with van der Waals surface area (Å²) in [5, 5.41) is 15.6. The molecule has 2 saturated heterocycles. The van der Waals surface area contributed by atoms with Crippen molar-refractivity contribution in [3.63, 3.8) is 0 Å². The van der Waals surface area contributed by atoms with E-state index in [0.29, 0.717) is 35.0 Å². The van der Waals surface area contributed by atoms with Gasteiger partial charge in [0, 0.05) is 66.5 Å². The minimum Gasteiger partial charge on any atom is -0.351 e. The van der Waals surface area contributed by atoms with Crippen molar-refractivity contribution in [2.24, 2.45) is 0 Å². The lowest BCUT2D eigenvalue weighted by atomic mass is 10.2. The van der Waals surface area contributed by atoms with Gasteiger partial charge in [-0.2, -0.15) is 0 Å². The molecule has 3 N–H and O–H groups in total. The Balaban J connectivity index is 1.29. The number of carbonyl (C=O) groups is 1. The Morgan fingerprint density at radius 3 is 2.71 bits per heavy atom. The van der Waals surface area contributed by atoms with Crippen molar-refractivity contribution in [2.75, 3.05) is 28.6 Å². The topological polar surface area (TPSA) is 113 Å². The molecule has 38 heavy (non-hydrogen) atoms. The molecular weight excluding hydrogens is 478 g/mol. The molecule has 0 unspecified atom stereocenters. The molecular formula is C28H25N9O. The summed E-state index contributed by atoms with van der Waals surface area (Å²) in [4.78, 5) is 28.4. The van der Waals surface area contributed by atoms with Gasteiger partial charge in [-0.05, 0) is 42.8 Å². The molecule has 0 spiro atoms. The highest BCUT2D eigenvalue weighted by molar-refractivity contribution is 6.05. The fraction of sp³-hybridized carbons (Fsp3) is 0.179. The summed E-state index contributed by atoms with van der Waals surface area (Å²) < 4.78 is 1.88. The molecule has 3 aromatic heterocycles. The summed E-state index contributed by atoms with van der Waals surface area (Å²) in [5.41, 5.74) is 2.99. The largest absolute Gasteiger partial charge is 0.351 e. The van der Waals surface area contributed by atoms with Crippen molar-refractivity contribution in [1.29, 1.82) is 0 Å².